The van der Waals surface area contributed by atoms with E-state index in [0.717, 1.165) is 50.2 Å². The van der Waals surface area contributed by atoms with E-state index in [-0.39, 0.29) is 11.7 Å². The highest BCUT2D eigenvalue weighted by molar-refractivity contribution is 5.86. The van der Waals surface area contributed by atoms with Crippen molar-refractivity contribution in [1.29, 1.82) is 0 Å². The number of benzene rings is 2. The molecule has 0 saturated carbocycles. The number of carbonyl (C=O) groups excluding carboxylic acids is 1. The Morgan fingerprint density at radius 3 is 2.07 bits per heavy atom. The molecular formula is C38H41N3O4. The number of ketones is 1. The third kappa shape index (κ3) is 7.04. The van der Waals surface area contributed by atoms with Crippen molar-refractivity contribution in [2.24, 2.45) is 0 Å². The van der Waals surface area contributed by atoms with E-state index >= 15 is 0 Å². The molecular weight excluding hydrogens is 562 g/mol. The van der Waals surface area contributed by atoms with E-state index in [1.807, 2.05) is 0 Å². The number of aromatic nitrogens is 1. The lowest BCUT2D eigenvalue weighted by atomic mass is 9.76. The van der Waals surface area contributed by atoms with Crippen LogP contribution in [0.2, 0.25) is 0 Å². The van der Waals surface area contributed by atoms with Crippen molar-refractivity contribution in [2.75, 3.05) is 18.2 Å². The SMILES string of the molecule is C1=CC(C2=C(N3CCCC3)C(C3=CCCC=C3)(c3ccccc3)N(c3ccccc3)O2)=CCC1.C=CC(C)=O.Oc1ccno1. The summed E-state index contributed by atoms with van der Waals surface area (Å²) in [6, 6.07) is 22.9. The van der Waals surface area contributed by atoms with Crippen molar-refractivity contribution in [1.82, 2.24) is 10.1 Å². The third-order valence-corrected chi connectivity index (χ3v) is 8.03. The van der Waals surface area contributed by atoms with Crippen molar-refractivity contribution in [2.45, 2.75) is 51.0 Å². The summed E-state index contributed by atoms with van der Waals surface area (Å²) in [4.78, 5) is 19.3. The van der Waals surface area contributed by atoms with Crippen LogP contribution in [0.3, 0.4) is 0 Å². The predicted octanol–water partition coefficient (Wildman–Crippen LogP) is 8.34. The van der Waals surface area contributed by atoms with E-state index in [2.05, 4.69) is 123 Å². The molecule has 7 rings (SSSR count). The molecule has 2 aliphatic heterocycles. The molecule has 2 aromatic carbocycles. The van der Waals surface area contributed by atoms with Gasteiger partial charge in [-0.1, -0.05) is 96.7 Å². The normalized spacial score (nSPS) is 20.3. The molecule has 3 aromatic rings. The highest BCUT2D eigenvalue weighted by Gasteiger charge is 2.56. The minimum Gasteiger partial charge on any atom is -0.479 e. The summed E-state index contributed by atoms with van der Waals surface area (Å²) in [6.45, 7) is 6.80. The molecule has 2 aliphatic carbocycles. The average molecular weight is 604 g/mol. The monoisotopic (exact) mass is 603 g/mol. The number of carbonyl (C=O) groups is 1. The van der Waals surface area contributed by atoms with Crippen LogP contribution in [-0.4, -0.2) is 34.0 Å². The summed E-state index contributed by atoms with van der Waals surface area (Å²) in [6.07, 6.45) is 23.3. The number of likely N-dealkylation sites (tertiary alicyclic amines) is 1. The lowest BCUT2D eigenvalue weighted by Gasteiger charge is -2.43. The topological polar surface area (TPSA) is 79.0 Å². The molecule has 1 fully saturated rings. The van der Waals surface area contributed by atoms with Crippen LogP contribution < -0.4 is 5.06 Å². The van der Waals surface area contributed by atoms with E-state index in [4.69, 9.17) is 9.94 Å². The lowest BCUT2D eigenvalue weighted by molar-refractivity contribution is -0.112. The fourth-order valence-corrected chi connectivity index (χ4v) is 6.00. The average Bonchev–Trinajstić information content (AvgIpc) is 3.88. The van der Waals surface area contributed by atoms with Gasteiger partial charge in [0.05, 0.1) is 17.6 Å². The summed E-state index contributed by atoms with van der Waals surface area (Å²) in [5.74, 6) is 0.880. The van der Waals surface area contributed by atoms with Gasteiger partial charge in [0, 0.05) is 24.7 Å². The van der Waals surface area contributed by atoms with Crippen LogP contribution in [-0.2, 0) is 15.2 Å². The summed E-state index contributed by atoms with van der Waals surface area (Å²) < 4.78 is 4.14. The second-order valence-electron chi connectivity index (χ2n) is 11.1. The van der Waals surface area contributed by atoms with E-state index in [1.54, 1.807) is 0 Å². The standard InChI is InChI=1S/C31H32N2O.C4H6O.C3H3NO2/c1-5-15-25(16-6-1)29-30(32-23-13-14-24-32)31(26-17-7-2-8-18-26,27-19-9-3-10-20-27)33(34-29)28-21-11-4-12-22-28;1-3-4(2)5;5-3-1-2-4-6-3/h2,4-5,7-9,11-12,15-22H,1,3,6,10,13-14,23-24H2;3H,1H2,2H3;1-2,5H. The van der Waals surface area contributed by atoms with Crippen LogP contribution in [0.5, 0.6) is 5.95 Å². The zero-order valence-electron chi connectivity index (χ0n) is 25.8. The van der Waals surface area contributed by atoms with Gasteiger partial charge in [-0.15, -0.1) is 0 Å². The van der Waals surface area contributed by atoms with Crippen molar-refractivity contribution >= 4 is 11.5 Å². The van der Waals surface area contributed by atoms with Gasteiger partial charge in [0.15, 0.2) is 17.1 Å². The Kier molecular flexibility index (Phi) is 10.5. The van der Waals surface area contributed by atoms with E-state index in [9.17, 15) is 4.79 Å². The first-order valence-corrected chi connectivity index (χ1v) is 15.6. The molecule has 3 heterocycles. The number of hydrogen-bond acceptors (Lipinski definition) is 7. The van der Waals surface area contributed by atoms with Gasteiger partial charge in [-0.2, -0.15) is 5.06 Å². The highest BCUT2D eigenvalue weighted by atomic mass is 16.7. The van der Waals surface area contributed by atoms with Gasteiger partial charge in [-0.25, -0.2) is 0 Å². The Morgan fingerprint density at radius 1 is 0.911 bits per heavy atom. The minimum absolute atomic E-state index is 0.0185. The van der Waals surface area contributed by atoms with Crippen molar-refractivity contribution < 1.29 is 19.3 Å². The number of allylic oxidation sites excluding steroid dienone is 6. The van der Waals surface area contributed by atoms with Crippen molar-refractivity contribution in [3.05, 3.63) is 150 Å². The maximum Gasteiger partial charge on any atom is 0.308 e. The van der Waals surface area contributed by atoms with Gasteiger partial charge in [-0.3, -0.25) is 4.79 Å². The first-order chi connectivity index (χ1) is 22.1. The number of aromatic hydroxyl groups is 1. The molecule has 7 heteroatoms. The summed E-state index contributed by atoms with van der Waals surface area (Å²) in [5, 5.41) is 13.6. The Labute approximate surface area is 265 Å². The van der Waals surface area contributed by atoms with Crippen LogP contribution >= 0.6 is 0 Å². The van der Waals surface area contributed by atoms with Crippen LogP contribution in [0, 0.1) is 0 Å². The van der Waals surface area contributed by atoms with E-state index in [0.29, 0.717) is 0 Å². The molecule has 1 saturated heterocycles. The number of nitrogens with zero attached hydrogens (tertiary/aromatic N) is 3. The van der Waals surface area contributed by atoms with Crippen molar-refractivity contribution in [3.8, 4) is 5.95 Å². The molecule has 45 heavy (non-hydrogen) atoms. The maximum absolute atomic E-state index is 9.69. The Hall–Kier alpha value is -5.04. The molecule has 4 aliphatic rings. The Bertz CT molecular complexity index is 1580. The predicted molar refractivity (Wildman–Crippen MR) is 178 cm³/mol. The number of rotatable bonds is 6. The molecule has 1 atom stereocenters. The van der Waals surface area contributed by atoms with Gasteiger partial charge in [0.1, 0.15) is 0 Å². The first-order valence-electron chi connectivity index (χ1n) is 15.6. The van der Waals surface area contributed by atoms with Gasteiger partial charge in [0.25, 0.3) is 0 Å². The van der Waals surface area contributed by atoms with Crippen LogP contribution in [0.4, 0.5) is 5.69 Å². The zero-order valence-corrected chi connectivity index (χ0v) is 25.8. The fraction of sp³-hybridized carbons (Fsp3) is 0.263. The van der Waals surface area contributed by atoms with Crippen molar-refractivity contribution in [3.63, 3.8) is 0 Å². The van der Waals surface area contributed by atoms with Gasteiger partial charge >= 0.3 is 5.95 Å². The third-order valence-electron chi connectivity index (χ3n) is 8.03. The molecule has 0 amide bonds. The molecule has 0 bridgehead atoms. The minimum atomic E-state index is -0.550. The Morgan fingerprint density at radius 2 is 1.56 bits per heavy atom. The zero-order chi connectivity index (χ0) is 31.5. The van der Waals surface area contributed by atoms with Gasteiger partial charge in [0.2, 0.25) is 0 Å². The Balaban J connectivity index is 0.000000310. The first kappa shape index (κ1) is 31.4. The second kappa shape index (κ2) is 15.1. The number of hydrogen-bond donors (Lipinski definition) is 1. The van der Waals surface area contributed by atoms with Crippen LogP contribution in [0.15, 0.2) is 149 Å². The fourth-order valence-electron chi connectivity index (χ4n) is 6.00. The number of hydroxylamine groups is 1. The summed E-state index contributed by atoms with van der Waals surface area (Å²) in [7, 11) is 0. The summed E-state index contributed by atoms with van der Waals surface area (Å²) in [5.41, 5.74) is 5.55. The summed E-state index contributed by atoms with van der Waals surface area (Å²) >= 11 is 0. The number of anilines is 1. The van der Waals surface area contributed by atoms with Gasteiger partial charge < -0.3 is 19.4 Å². The molecule has 7 nitrogen and oxygen atoms in total. The maximum atomic E-state index is 9.69. The molecule has 1 aromatic heterocycles. The molecule has 1 N–H and O–H groups in total. The molecule has 0 spiro atoms. The molecule has 1 unspecified atom stereocenters. The van der Waals surface area contributed by atoms with E-state index < -0.39 is 5.54 Å². The second-order valence-corrected chi connectivity index (χ2v) is 11.1. The lowest BCUT2D eigenvalue weighted by Crippen LogP contribution is -2.48. The van der Waals surface area contributed by atoms with Gasteiger partial charge in [-0.05, 0) is 74.8 Å². The largest absolute Gasteiger partial charge is 0.479 e. The quantitative estimate of drug-likeness (QED) is 0.284. The molecule has 232 valence electrons. The molecule has 0 radical (unpaired) electrons. The highest BCUT2D eigenvalue weighted by Crippen LogP contribution is 2.55. The smallest absolute Gasteiger partial charge is 0.308 e. The number of para-hydroxylation sites is 1. The van der Waals surface area contributed by atoms with Crippen LogP contribution in [0.1, 0.15) is 51.0 Å². The van der Waals surface area contributed by atoms with E-state index in [1.165, 1.54) is 60.5 Å². The van der Waals surface area contributed by atoms with Crippen LogP contribution in [0.25, 0.3) is 0 Å².